The van der Waals surface area contributed by atoms with Gasteiger partial charge in [0.05, 0.1) is 23.8 Å². The summed E-state index contributed by atoms with van der Waals surface area (Å²) < 4.78 is 82.3. The van der Waals surface area contributed by atoms with Crippen LogP contribution in [0.3, 0.4) is 0 Å². The fourth-order valence-electron chi connectivity index (χ4n) is 1.93. The Morgan fingerprint density at radius 3 is 2.42 bits per heavy atom. The van der Waals surface area contributed by atoms with E-state index >= 15 is 0 Å². The van der Waals surface area contributed by atoms with Crippen LogP contribution < -0.4 is 5.32 Å². The summed E-state index contributed by atoms with van der Waals surface area (Å²) in [6, 6.07) is 0.417. The van der Waals surface area contributed by atoms with E-state index in [0.717, 1.165) is 0 Å². The molecule has 1 heterocycles. The molecule has 0 saturated carbocycles. The van der Waals surface area contributed by atoms with Crippen molar-refractivity contribution in [3.8, 4) is 0 Å². The average molecular weight is 382 g/mol. The molecule has 0 saturated heterocycles. The highest BCUT2D eigenvalue weighted by atomic mass is 19.4. The number of carbonyl (C=O) groups excluding carboxylic acids is 1. The zero-order valence-corrected chi connectivity index (χ0v) is 13.4. The van der Waals surface area contributed by atoms with Crippen LogP contribution in [0.15, 0.2) is 21.6 Å². The molecular weight excluding hydrogens is 370 g/mol. The minimum absolute atomic E-state index is 0.0518. The Balaban J connectivity index is 2.42. The number of carbonyl (C=O) groups is 1. The number of alkyl halides is 6. The van der Waals surface area contributed by atoms with Gasteiger partial charge in [0.25, 0.3) is 5.91 Å². The van der Waals surface area contributed by atoms with Gasteiger partial charge in [-0.3, -0.25) is 4.79 Å². The van der Waals surface area contributed by atoms with Gasteiger partial charge in [0, 0.05) is 14.1 Å². The zero-order chi connectivity index (χ0) is 19.7. The highest BCUT2D eigenvalue weighted by molar-refractivity contribution is 5.94. The Hall–Kier alpha value is -2.79. The van der Waals surface area contributed by atoms with Gasteiger partial charge in [-0.1, -0.05) is 5.16 Å². The molecule has 1 aromatic carbocycles. The molecule has 26 heavy (non-hydrogen) atoms. The van der Waals surface area contributed by atoms with Gasteiger partial charge in [0.15, 0.2) is 11.4 Å². The van der Waals surface area contributed by atoms with Crippen LogP contribution in [0.2, 0.25) is 0 Å². The van der Waals surface area contributed by atoms with Crippen LogP contribution in [0.1, 0.15) is 11.1 Å². The van der Waals surface area contributed by atoms with E-state index in [-0.39, 0.29) is 6.07 Å². The smallest absolute Gasteiger partial charge is 0.369 e. The van der Waals surface area contributed by atoms with E-state index < -0.39 is 52.7 Å². The van der Waals surface area contributed by atoms with Gasteiger partial charge in [-0.15, -0.1) is 0 Å². The van der Waals surface area contributed by atoms with Crippen LogP contribution >= 0.6 is 0 Å². The van der Waals surface area contributed by atoms with Crippen LogP contribution in [0.5, 0.6) is 0 Å². The topological polar surface area (TPSA) is 70.7 Å². The van der Waals surface area contributed by atoms with E-state index in [1.807, 2.05) is 0 Å². The lowest BCUT2D eigenvalue weighted by molar-refractivity contribution is -0.142. The lowest BCUT2D eigenvalue weighted by Gasteiger charge is -2.11. The number of aliphatic imine (C=N–C) groups is 1. The summed E-state index contributed by atoms with van der Waals surface area (Å²) >= 11 is 0. The Kier molecular flexibility index (Phi) is 5.14. The lowest BCUT2D eigenvalue weighted by Crippen LogP contribution is -2.15. The first-order valence-electron chi connectivity index (χ1n) is 6.94. The van der Waals surface area contributed by atoms with Gasteiger partial charge in [0.1, 0.15) is 5.56 Å². The number of anilines is 1. The molecular formula is C14H12F6N4O2. The summed E-state index contributed by atoms with van der Waals surface area (Å²) in [5.41, 5.74) is -3.99. The average Bonchev–Trinajstić information content (AvgIpc) is 2.91. The summed E-state index contributed by atoms with van der Waals surface area (Å²) in [7, 11) is 3.21. The van der Waals surface area contributed by atoms with Crippen LogP contribution in [-0.4, -0.2) is 42.9 Å². The predicted molar refractivity (Wildman–Crippen MR) is 79.7 cm³/mol. The molecule has 0 spiro atoms. The van der Waals surface area contributed by atoms with E-state index in [4.69, 9.17) is 0 Å². The molecule has 2 rings (SSSR count). The maximum absolute atomic E-state index is 13.0. The highest BCUT2D eigenvalue weighted by Gasteiger charge is 2.40. The first-order valence-corrected chi connectivity index (χ1v) is 6.94. The molecule has 0 aliphatic heterocycles. The number of fused-ring (bicyclic) bond motifs is 1. The van der Waals surface area contributed by atoms with Crippen molar-refractivity contribution in [2.45, 2.75) is 12.4 Å². The van der Waals surface area contributed by atoms with Gasteiger partial charge in [-0.25, -0.2) is 4.99 Å². The Bertz CT molecular complexity index is 838. The van der Waals surface area contributed by atoms with Crippen molar-refractivity contribution in [2.75, 3.05) is 26.0 Å². The van der Waals surface area contributed by atoms with E-state index in [9.17, 15) is 31.1 Å². The van der Waals surface area contributed by atoms with Crippen molar-refractivity contribution in [1.82, 2.24) is 10.1 Å². The van der Waals surface area contributed by atoms with Crippen LogP contribution in [0.25, 0.3) is 11.0 Å². The van der Waals surface area contributed by atoms with Crippen LogP contribution in [0, 0.1) is 0 Å². The van der Waals surface area contributed by atoms with Crippen LogP contribution in [-0.2, 0) is 17.1 Å². The minimum Gasteiger partial charge on any atom is -0.369 e. The number of benzene rings is 1. The van der Waals surface area contributed by atoms with Gasteiger partial charge in [-0.2, -0.15) is 26.3 Å². The van der Waals surface area contributed by atoms with E-state index in [1.165, 1.54) is 11.2 Å². The Morgan fingerprint density at radius 2 is 1.88 bits per heavy atom. The van der Waals surface area contributed by atoms with E-state index in [1.54, 1.807) is 14.1 Å². The monoisotopic (exact) mass is 382 g/mol. The maximum atomic E-state index is 13.0. The number of nitrogens with one attached hydrogen (secondary N) is 1. The minimum atomic E-state index is -5.08. The number of halogens is 6. The van der Waals surface area contributed by atoms with Crippen LogP contribution in [0.4, 0.5) is 32.2 Å². The van der Waals surface area contributed by atoms with E-state index in [0.29, 0.717) is 6.07 Å². The number of aromatic nitrogens is 1. The third kappa shape index (κ3) is 4.43. The third-order valence-corrected chi connectivity index (χ3v) is 3.04. The molecule has 1 N–H and O–H groups in total. The first kappa shape index (κ1) is 19.5. The summed E-state index contributed by atoms with van der Waals surface area (Å²) in [5, 5.41) is 5.07. The molecule has 0 aliphatic carbocycles. The van der Waals surface area contributed by atoms with E-state index in [2.05, 4.69) is 20.0 Å². The molecule has 0 unspecified atom stereocenters. The van der Waals surface area contributed by atoms with Crippen molar-refractivity contribution in [3.05, 3.63) is 23.3 Å². The molecule has 0 bridgehead atoms. The molecule has 6 nitrogen and oxygen atoms in total. The normalized spacial score (nSPS) is 12.8. The van der Waals surface area contributed by atoms with Crippen molar-refractivity contribution < 1.29 is 35.7 Å². The fourth-order valence-corrected chi connectivity index (χ4v) is 1.93. The number of hydrogen-bond acceptors (Lipinski definition) is 4. The molecule has 2 aromatic rings. The summed E-state index contributed by atoms with van der Waals surface area (Å²) in [6.07, 6.45) is -8.90. The summed E-state index contributed by atoms with van der Waals surface area (Å²) in [6.45, 7) is -0.496. The van der Waals surface area contributed by atoms with Crippen molar-refractivity contribution >= 4 is 29.0 Å². The first-order chi connectivity index (χ1) is 11.9. The summed E-state index contributed by atoms with van der Waals surface area (Å²) in [4.78, 5) is 16.5. The van der Waals surface area contributed by atoms with Crippen molar-refractivity contribution in [2.24, 2.45) is 4.99 Å². The fraction of sp³-hybridized carbons (Fsp3) is 0.357. The Labute approximate surface area is 142 Å². The lowest BCUT2D eigenvalue weighted by atomic mass is 10.1. The second-order valence-corrected chi connectivity index (χ2v) is 5.38. The molecule has 0 fully saturated rings. The number of amides is 1. The van der Waals surface area contributed by atoms with Gasteiger partial charge in [0.2, 0.25) is 0 Å². The largest absolute Gasteiger partial charge is 0.420 e. The second kappa shape index (κ2) is 6.84. The van der Waals surface area contributed by atoms with Gasteiger partial charge < -0.3 is 14.7 Å². The molecule has 142 valence electrons. The van der Waals surface area contributed by atoms with Crippen molar-refractivity contribution in [1.29, 1.82) is 0 Å². The summed E-state index contributed by atoms with van der Waals surface area (Å²) in [5.74, 6) is -1.14. The number of hydrogen-bond donors (Lipinski definition) is 1. The second-order valence-electron chi connectivity index (χ2n) is 5.38. The SMILES string of the molecule is CN(C)C=NC(=O)CNc1noc2c(C(F)(F)F)cc(C(F)(F)F)cc12. The number of nitrogens with zero attached hydrogens (tertiary/aromatic N) is 3. The molecule has 0 aliphatic rings. The quantitative estimate of drug-likeness (QED) is 0.499. The number of rotatable bonds is 4. The molecule has 1 amide bonds. The molecule has 12 heteroatoms. The third-order valence-electron chi connectivity index (χ3n) is 3.04. The maximum Gasteiger partial charge on any atom is 0.420 e. The Morgan fingerprint density at radius 1 is 1.23 bits per heavy atom. The highest BCUT2D eigenvalue weighted by Crippen LogP contribution is 2.41. The molecule has 0 atom stereocenters. The standard InChI is InChI=1S/C14H12F6N4O2/c1-24(2)6-22-10(25)5-21-12-8-3-7(13(15,16)17)4-9(14(18,19)20)11(8)26-23-12/h3-4,6H,5H2,1-2H3,(H,21,23). The van der Waals surface area contributed by atoms with Gasteiger partial charge in [-0.05, 0) is 12.1 Å². The zero-order valence-electron chi connectivity index (χ0n) is 13.4. The molecule has 1 aromatic heterocycles. The van der Waals surface area contributed by atoms with Crippen molar-refractivity contribution in [3.63, 3.8) is 0 Å². The predicted octanol–water partition coefficient (Wildman–Crippen LogP) is 3.39. The van der Waals surface area contributed by atoms with Gasteiger partial charge >= 0.3 is 12.4 Å². The molecule has 0 radical (unpaired) electrons.